The monoisotopic (exact) mass is 374 g/mol. The van der Waals surface area contributed by atoms with Crippen molar-refractivity contribution >= 4 is 23.2 Å². The van der Waals surface area contributed by atoms with Crippen molar-refractivity contribution in [3.63, 3.8) is 0 Å². The summed E-state index contributed by atoms with van der Waals surface area (Å²) in [5.74, 6) is 1.21. The van der Waals surface area contributed by atoms with Crippen molar-refractivity contribution in [2.75, 3.05) is 12.4 Å². The lowest BCUT2D eigenvalue weighted by Gasteiger charge is -2.04. The number of hydrogen-bond acceptors (Lipinski definition) is 6. The molecule has 0 aliphatic rings. The second-order valence-corrected chi connectivity index (χ2v) is 6.19. The molecule has 0 saturated carbocycles. The zero-order chi connectivity index (χ0) is 19.5. The van der Waals surface area contributed by atoms with Crippen LogP contribution in [0, 0.1) is 0 Å². The quantitative estimate of drug-likeness (QED) is 0.496. The van der Waals surface area contributed by atoms with Gasteiger partial charge < -0.3 is 15.7 Å². The van der Waals surface area contributed by atoms with E-state index < -0.39 is 0 Å². The summed E-state index contributed by atoms with van der Waals surface area (Å²) in [5.41, 5.74) is 2.93. The van der Waals surface area contributed by atoms with Crippen LogP contribution >= 0.6 is 0 Å². The topological polar surface area (TPSA) is 104 Å². The molecule has 1 amide bonds. The third-order valence-corrected chi connectivity index (χ3v) is 4.23. The highest BCUT2D eigenvalue weighted by Gasteiger charge is 2.10. The zero-order valence-corrected chi connectivity index (χ0v) is 15.1. The minimum Gasteiger partial charge on any atom is -0.508 e. The zero-order valence-electron chi connectivity index (χ0n) is 15.1. The number of carbonyl (C=O) groups is 1. The molecule has 0 fully saturated rings. The number of carbonyl (C=O) groups excluding carboxylic acids is 1. The Morgan fingerprint density at radius 2 is 1.96 bits per heavy atom. The number of nitrogens with zero attached hydrogens (tertiary/aromatic N) is 4. The summed E-state index contributed by atoms with van der Waals surface area (Å²) in [4.78, 5) is 20.5. The van der Waals surface area contributed by atoms with Crippen LogP contribution in [0.1, 0.15) is 21.7 Å². The first-order chi connectivity index (χ1) is 13.6. The Labute approximate surface area is 160 Å². The van der Waals surface area contributed by atoms with Crippen molar-refractivity contribution in [3.05, 3.63) is 77.7 Å². The third-order valence-electron chi connectivity index (χ3n) is 4.23. The molecule has 8 nitrogen and oxygen atoms in total. The lowest BCUT2D eigenvalue weighted by atomic mass is 10.1. The highest BCUT2D eigenvalue weighted by atomic mass is 16.3. The summed E-state index contributed by atoms with van der Waals surface area (Å²) in [7, 11) is 1.59. The summed E-state index contributed by atoms with van der Waals surface area (Å²) in [6.07, 6.45) is 2.19. The number of anilines is 2. The Balaban J connectivity index is 1.58. The molecule has 8 heteroatoms. The molecule has 0 aliphatic carbocycles. The van der Waals surface area contributed by atoms with Gasteiger partial charge in [-0.15, -0.1) is 5.10 Å². The van der Waals surface area contributed by atoms with Crippen molar-refractivity contribution in [1.82, 2.24) is 24.9 Å². The Morgan fingerprint density at radius 1 is 1.14 bits per heavy atom. The van der Waals surface area contributed by atoms with Crippen LogP contribution in [-0.4, -0.2) is 37.6 Å². The van der Waals surface area contributed by atoms with Gasteiger partial charge in [-0.25, -0.2) is 4.98 Å². The lowest BCUT2D eigenvalue weighted by Crippen LogP contribution is -2.17. The summed E-state index contributed by atoms with van der Waals surface area (Å²) in [5, 5.41) is 19.9. The fourth-order valence-corrected chi connectivity index (χ4v) is 2.87. The number of aromatic hydroxyl groups is 1. The number of hydrogen-bond donors (Lipinski definition) is 3. The number of nitrogens with one attached hydrogen (secondary N) is 2. The molecule has 0 radical (unpaired) electrons. The maximum atomic E-state index is 11.6. The molecule has 4 aromatic rings. The molecule has 0 saturated heterocycles. The Bertz CT molecular complexity index is 1140. The van der Waals surface area contributed by atoms with E-state index in [1.807, 2.05) is 6.07 Å². The van der Waals surface area contributed by atoms with E-state index in [0.717, 1.165) is 11.3 Å². The van der Waals surface area contributed by atoms with Crippen LogP contribution in [0.3, 0.4) is 0 Å². The molecular weight excluding hydrogens is 356 g/mol. The van der Waals surface area contributed by atoms with E-state index in [4.69, 9.17) is 0 Å². The van der Waals surface area contributed by atoms with Crippen LogP contribution in [0.2, 0.25) is 0 Å². The van der Waals surface area contributed by atoms with Crippen molar-refractivity contribution in [2.45, 2.75) is 6.42 Å². The van der Waals surface area contributed by atoms with Crippen LogP contribution < -0.4 is 10.6 Å². The molecule has 0 aliphatic heterocycles. The summed E-state index contributed by atoms with van der Waals surface area (Å²) < 4.78 is 1.67. The van der Waals surface area contributed by atoms with Gasteiger partial charge in [0.15, 0.2) is 5.65 Å². The summed E-state index contributed by atoms with van der Waals surface area (Å²) >= 11 is 0. The maximum Gasteiger partial charge on any atom is 0.251 e. The average Bonchev–Trinajstić information content (AvgIpc) is 3.11. The van der Waals surface area contributed by atoms with Gasteiger partial charge in [0.2, 0.25) is 5.95 Å². The van der Waals surface area contributed by atoms with E-state index in [-0.39, 0.29) is 11.7 Å². The van der Waals surface area contributed by atoms with Gasteiger partial charge in [0.05, 0.1) is 0 Å². The van der Waals surface area contributed by atoms with E-state index in [1.54, 1.807) is 66.3 Å². The minimum atomic E-state index is -0.139. The smallest absolute Gasteiger partial charge is 0.251 e. The molecule has 0 bridgehead atoms. The summed E-state index contributed by atoms with van der Waals surface area (Å²) in [6.45, 7) is 0. The molecule has 0 spiro atoms. The number of aromatic nitrogens is 4. The maximum absolute atomic E-state index is 11.6. The number of rotatable bonds is 5. The van der Waals surface area contributed by atoms with Gasteiger partial charge in [0, 0.05) is 37.0 Å². The Kier molecular flexibility index (Phi) is 4.59. The largest absolute Gasteiger partial charge is 0.508 e. The summed E-state index contributed by atoms with van der Waals surface area (Å²) in [6, 6.07) is 15.9. The molecule has 0 atom stereocenters. The fourth-order valence-electron chi connectivity index (χ4n) is 2.87. The van der Waals surface area contributed by atoms with E-state index in [2.05, 4.69) is 25.7 Å². The van der Waals surface area contributed by atoms with Crippen molar-refractivity contribution < 1.29 is 9.90 Å². The highest BCUT2D eigenvalue weighted by molar-refractivity contribution is 5.94. The van der Waals surface area contributed by atoms with Crippen LogP contribution in [0.4, 0.5) is 11.6 Å². The molecule has 2 aromatic heterocycles. The predicted octanol–water partition coefficient (Wildman–Crippen LogP) is 2.52. The number of amides is 1. The molecule has 2 heterocycles. The van der Waals surface area contributed by atoms with Gasteiger partial charge in [0.1, 0.15) is 11.6 Å². The third kappa shape index (κ3) is 3.61. The second kappa shape index (κ2) is 7.36. The van der Waals surface area contributed by atoms with Gasteiger partial charge in [0.25, 0.3) is 5.91 Å². The van der Waals surface area contributed by atoms with Crippen LogP contribution in [0.25, 0.3) is 5.65 Å². The first kappa shape index (κ1) is 17.5. The lowest BCUT2D eigenvalue weighted by molar-refractivity contribution is 0.0963. The Hall–Kier alpha value is -3.94. The van der Waals surface area contributed by atoms with Crippen molar-refractivity contribution in [3.8, 4) is 5.75 Å². The van der Waals surface area contributed by atoms with Crippen molar-refractivity contribution in [1.29, 1.82) is 0 Å². The van der Waals surface area contributed by atoms with Gasteiger partial charge in [-0.05, 0) is 42.0 Å². The fraction of sp³-hybridized carbons (Fsp3) is 0.100. The van der Waals surface area contributed by atoms with Crippen LogP contribution in [0.15, 0.2) is 60.8 Å². The molecule has 28 heavy (non-hydrogen) atoms. The molecule has 0 unspecified atom stereocenters. The van der Waals surface area contributed by atoms with Gasteiger partial charge in [-0.2, -0.15) is 9.50 Å². The van der Waals surface area contributed by atoms with E-state index in [1.165, 1.54) is 0 Å². The number of benzene rings is 2. The molecular formula is C20H18N6O2. The average molecular weight is 374 g/mol. The van der Waals surface area contributed by atoms with Crippen molar-refractivity contribution in [2.24, 2.45) is 0 Å². The number of phenolic OH excluding ortho intramolecular Hbond substituents is 1. The molecule has 4 rings (SSSR count). The SMILES string of the molecule is CNC(=O)c1ccc(Nc2nc3ccnc(Cc4cccc(O)c4)n3n2)cc1. The predicted molar refractivity (Wildman–Crippen MR) is 105 cm³/mol. The molecule has 3 N–H and O–H groups in total. The highest BCUT2D eigenvalue weighted by Crippen LogP contribution is 2.18. The van der Waals surface area contributed by atoms with E-state index in [0.29, 0.717) is 29.4 Å². The Morgan fingerprint density at radius 3 is 2.71 bits per heavy atom. The first-order valence-electron chi connectivity index (χ1n) is 8.70. The normalized spacial score (nSPS) is 10.8. The van der Waals surface area contributed by atoms with Gasteiger partial charge in [-0.1, -0.05) is 12.1 Å². The second-order valence-electron chi connectivity index (χ2n) is 6.19. The van der Waals surface area contributed by atoms with Crippen LogP contribution in [-0.2, 0) is 6.42 Å². The number of fused-ring (bicyclic) bond motifs is 1. The van der Waals surface area contributed by atoms with Gasteiger partial charge >= 0.3 is 0 Å². The van der Waals surface area contributed by atoms with Crippen LogP contribution in [0.5, 0.6) is 5.75 Å². The van der Waals surface area contributed by atoms with E-state index >= 15 is 0 Å². The standard InChI is InChI=1S/C20H18N6O2/c1-21-19(28)14-5-7-15(8-6-14)23-20-24-17-9-10-22-18(26(17)25-20)12-13-3-2-4-16(27)11-13/h2-11,27H,12H2,1H3,(H,21,28)(H,23,25). The minimum absolute atomic E-state index is 0.139. The van der Waals surface area contributed by atoms with Gasteiger partial charge in [-0.3, -0.25) is 4.79 Å². The molecule has 2 aromatic carbocycles. The van der Waals surface area contributed by atoms with E-state index in [9.17, 15) is 9.90 Å². The molecule has 140 valence electrons. The number of phenols is 1. The first-order valence-corrected chi connectivity index (χ1v) is 8.70.